The predicted octanol–water partition coefficient (Wildman–Crippen LogP) is -0.0555. The zero-order valence-electron chi connectivity index (χ0n) is 14.3. The van der Waals surface area contributed by atoms with Gasteiger partial charge in [0.1, 0.15) is 6.61 Å². The largest absolute Gasteiger partial charge is 0.370 e. The molecule has 0 unspecified atom stereocenters. The molecule has 130 valence electrons. The Hall–Kier alpha value is -1.73. The summed E-state index contributed by atoms with van der Waals surface area (Å²) in [5, 5.41) is 8.76. The Morgan fingerprint density at radius 2 is 2.21 bits per heavy atom. The Morgan fingerprint density at radius 3 is 3.04 bits per heavy atom. The quantitative estimate of drug-likeness (QED) is 0.754. The van der Waals surface area contributed by atoms with Gasteiger partial charge >= 0.3 is 0 Å². The maximum atomic E-state index is 11.7. The molecule has 1 aliphatic carbocycles. The van der Waals surface area contributed by atoms with E-state index in [1.807, 2.05) is 4.90 Å². The number of carbonyl (C=O) groups is 1. The third-order valence-electron chi connectivity index (χ3n) is 5.42. The normalized spacial score (nSPS) is 21.3. The van der Waals surface area contributed by atoms with Gasteiger partial charge in [0.2, 0.25) is 5.91 Å². The van der Waals surface area contributed by atoms with Crippen LogP contribution in [0, 0.1) is 0 Å². The van der Waals surface area contributed by atoms with Crippen LogP contribution in [0.25, 0.3) is 0 Å². The molecule has 2 fully saturated rings. The molecule has 0 atom stereocenters. The summed E-state index contributed by atoms with van der Waals surface area (Å²) in [6.45, 7) is 5.27. The number of nitrogens with zero attached hydrogens (tertiary/aromatic N) is 5. The van der Waals surface area contributed by atoms with Crippen LogP contribution in [0.4, 0.5) is 5.82 Å². The highest BCUT2D eigenvalue weighted by molar-refractivity contribution is 5.77. The molecule has 2 aliphatic heterocycles. The van der Waals surface area contributed by atoms with Gasteiger partial charge in [-0.25, -0.2) is 0 Å². The number of aryl methyl sites for hydroxylation is 2. The van der Waals surface area contributed by atoms with Crippen LogP contribution >= 0.6 is 0 Å². The number of amides is 1. The molecular weight excluding hydrogens is 306 g/mol. The maximum absolute atomic E-state index is 11.7. The summed E-state index contributed by atoms with van der Waals surface area (Å²) in [4.78, 5) is 18.3. The third-order valence-corrected chi connectivity index (χ3v) is 5.42. The van der Waals surface area contributed by atoms with E-state index in [1.54, 1.807) is 0 Å². The summed E-state index contributed by atoms with van der Waals surface area (Å²) >= 11 is 0. The molecule has 7 nitrogen and oxygen atoms in total. The monoisotopic (exact) mass is 331 g/mol. The predicted molar refractivity (Wildman–Crippen MR) is 90.1 cm³/mol. The van der Waals surface area contributed by atoms with E-state index in [-0.39, 0.29) is 12.5 Å². The highest BCUT2D eigenvalue weighted by Crippen LogP contribution is 2.26. The van der Waals surface area contributed by atoms with Gasteiger partial charge in [-0.05, 0) is 37.9 Å². The number of likely N-dealkylation sites (N-methyl/N-ethyl adjacent to an activating group) is 1. The average molecular weight is 331 g/mol. The number of fused-ring (bicyclic) bond motifs is 1. The van der Waals surface area contributed by atoms with Gasteiger partial charge in [0.25, 0.3) is 0 Å². The summed E-state index contributed by atoms with van der Waals surface area (Å²) < 4.78 is 5.17. The van der Waals surface area contributed by atoms with Crippen LogP contribution in [0.3, 0.4) is 0 Å². The summed E-state index contributed by atoms with van der Waals surface area (Å²) in [6, 6.07) is 2.74. The second kappa shape index (κ2) is 6.64. The van der Waals surface area contributed by atoms with Crippen molar-refractivity contribution in [1.29, 1.82) is 0 Å². The van der Waals surface area contributed by atoms with E-state index in [0.29, 0.717) is 19.2 Å². The number of carbonyl (C=O) groups excluding carboxylic acids is 1. The van der Waals surface area contributed by atoms with Gasteiger partial charge in [-0.2, -0.15) is 5.10 Å². The summed E-state index contributed by atoms with van der Waals surface area (Å²) in [5.41, 5.74) is 2.56. The maximum Gasteiger partial charge on any atom is 0.248 e. The number of aromatic nitrogens is 2. The van der Waals surface area contributed by atoms with Gasteiger partial charge in [-0.1, -0.05) is 0 Å². The molecule has 0 saturated carbocycles. The van der Waals surface area contributed by atoms with Crippen LogP contribution in [-0.2, 0) is 22.4 Å². The molecule has 1 amide bonds. The number of ether oxygens (including phenoxy) is 1. The fraction of sp³-hybridized carbons (Fsp3) is 0.706. The smallest absolute Gasteiger partial charge is 0.248 e. The first-order chi connectivity index (χ1) is 11.7. The van der Waals surface area contributed by atoms with Gasteiger partial charge in [0.15, 0.2) is 5.82 Å². The van der Waals surface area contributed by atoms with E-state index in [1.165, 1.54) is 17.7 Å². The van der Waals surface area contributed by atoms with E-state index in [4.69, 9.17) is 4.74 Å². The van der Waals surface area contributed by atoms with Gasteiger partial charge < -0.3 is 14.5 Å². The van der Waals surface area contributed by atoms with Crippen LogP contribution in [0.5, 0.6) is 0 Å². The summed E-state index contributed by atoms with van der Waals surface area (Å²) in [6.07, 6.45) is 3.43. The summed E-state index contributed by atoms with van der Waals surface area (Å²) in [5.74, 6) is 1.13. The first-order valence-electron chi connectivity index (χ1n) is 8.87. The van der Waals surface area contributed by atoms with Gasteiger partial charge in [0, 0.05) is 38.8 Å². The molecule has 0 N–H and O–H groups in total. The van der Waals surface area contributed by atoms with Crippen LogP contribution < -0.4 is 4.90 Å². The Labute approximate surface area is 142 Å². The lowest BCUT2D eigenvalue weighted by atomic mass is 10.1. The topological polar surface area (TPSA) is 61.8 Å². The molecule has 3 aliphatic rings. The SMILES string of the molecule is CN(CCN1CCOCC1=O)C1CN(c2cc3c(nn2)CCC3)C1. The van der Waals surface area contributed by atoms with E-state index in [0.717, 1.165) is 44.8 Å². The molecule has 4 rings (SSSR count). The van der Waals surface area contributed by atoms with Crippen LogP contribution in [0.15, 0.2) is 6.07 Å². The highest BCUT2D eigenvalue weighted by Gasteiger charge is 2.32. The number of hydrogen-bond acceptors (Lipinski definition) is 6. The second-order valence-corrected chi connectivity index (χ2v) is 7.00. The number of hydrogen-bond donors (Lipinski definition) is 0. The molecule has 1 aromatic rings. The Kier molecular flexibility index (Phi) is 4.37. The van der Waals surface area contributed by atoms with Crippen molar-refractivity contribution in [3.8, 4) is 0 Å². The minimum absolute atomic E-state index is 0.110. The zero-order valence-corrected chi connectivity index (χ0v) is 14.3. The molecule has 1 aromatic heterocycles. The molecule has 0 aromatic carbocycles. The van der Waals surface area contributed by atoms with Crippen molar-refractivity contribution in [1.82, 2.24) is 20.0 Å². The van der Waals surface area contributed by atoms with Crippen LogP contribution in [-0.4, -0.2) is 84.9 Å². The fourth-order valence-electron chi connectivity index (χ4n) is 3.64. The first kappa shape index (κ1) is 15.8. The van der Waals surface area contributed by atoms with Crippen molar-refractivity contribution in [3.05, 3.63) is 17.3 Å². The molecule has 24 heavy (non-hydrogen) atoms. The Bertz CT molecular complexity index is 617. The van der Waals surface area contributed by atoms with Crippen molar-refractivity contribution in [2.75, 3.05) is 57.9 Å². The van der Waals surface area contributed by atoms with Crippen molar-refractivity contribution < 1.29 is 9.53 Å². The molecule has 7 heteroatoms. The van der Waals surface area contributed by atoms with E-state index >= 15 is 0 Å². The van der Waals surface area contributed by atoms with E-state index < -0.39 is 0 Å². The number of anilines is 1. The van der Waals surface area contributed by atoms with Crippen LogP contribution in [0.1, 0.15) is 17.7 Å². The van der Waals surface area contributed by atoms with E-state index in [9.17, 15) is 4.79 Å². The second-order valence-electron chi connectivity index (χ2n) is 7.00. The molecule has 0 radical (unpaired) electrons. The molecule has 0 bridgehead atoms. The fourth-order valence-corrected chi connectivity index (χ4v) is 3.64. The van der Waals surface area contributed by atoms with Crippen molar-refractivity contribution in [2.24, 2.45) is 0 Å². The zero-order chi connectivity index (χ0) is 16.5. The number of rotatable bonds is 5. The van der Waals surface area contributed by atoms with Crippen molar-refractivity contribution in [2.45, 2.75) is 25.3 Å². The molecule has 2 saturated heterocycles. The lowest BCUT2D eigenvalue weighted by Gasteiger charge is -2.45. The standard InChI is InChI=1S/C17H25N5O2/c1-20(5-6-21-7-8-24-12-17(21)23)14-10-22(11-14)16-9-13-3-2-4-15(13)18-19-16/h9,14H,2-8,10-12H2,1H3. The van der Waals surface area contributed by atoms with Crippen molar-refractivity contribution in [3.63, 3.8) is 0 Å². The Balaban J connectivity index is 1.25. The first-order valence-corrected chi connectivity index (χ1v) is 8.87. The minimum Gasteiger partial charge on any atom is -0.370 e. The van der Waals surface area contributed by atoms with Crippen molar-refractivity contribution >= 4 is 11.7 Å². The average Bonchev–Trinajstić information content (AvgIpc) is 3.00. The van der Waals surface area contributed by atoms with Gasteiger partial charge in [-0.3, -0.25) is 9.69 Å². The lowest BCUT2D eigenvalue weighted by Crippen LogP contribution is -2.60. The van der Waals surface area contributed by atoms with E-state index in [2.05, 4.69) is 33.1 Å². The summed E-state index contributed by atoms with van der Waals surface area (Å²) in [7, 11) is 2.14. The minimum atomic E-state index is 0.110. The third kappa shape index (κ3) is 3.10. The Morgan fingerprint density at radius 1 is 1.33 bits per heavy atom. The highest BCUT2D eigenvalue weighted by atomic mass is 16.5. The number of morpholine rings is 1. The molecule has 3 heterocycles. The molecular formula is C17H25N5O2. The van der Waals surface area contributed by atoms with Gasteiger partial charge in [0.05, 0.1) is 12.3 Å². The van der Waals surface area contributed by atoms with Crippen LogP contribution in [0.2, 0.25) is 0 Å². The molecule has 0 spiro atoms. The lowest BCUT2D eigenvalue weighted by molar-refractivity contribution is -0.142. The van der Waals surface area contributed by atoms with Gasteiger partial charge in [-0.15, -0.1) is 5.10 Å².